The van der Waals surface area contributed by atoms with Crippen LogP contribution in [0.5, 0.6) is 0 Å². The Hall–Kier alpha value is -3.55. The average Bonchev–Trinajstić information content (AvgIpc) is 3.33. The molecule has 8 heteroatoms. The van der Waals surface area contributed by atoms with Crippen LogP contribution in [-0.2, 0) is 14.3 Å². The molecule has 0 saturated heterocycles. The first-order valence-corrected chi connectivity index (χ1v) is 12.4. The first kappa shape index (κ1) is 25.5. The first-order chi connectivity index (χ1) is 17.1. The quantitative estimate of drug-likeness (QED) is 0.496. The standard InChI is InChI=1S/C28H34N2O6/c1-27(2,3)36-25(33)29-16-18-12-13-28(14-18,15-24(31)32)30-26(34)35-17-23-21-10-6-4-8-19(21)20-9-5-7-11-22(20)23/h4-11,18,23H,12-17H2,1-3H3,(H,29,33)(H,30,34)(H,31,32). The van der Waals surface area contributed by atoms with Crippen LogP contribution in [0.2, 0.25) is 0 Å². The van der Waals surface area contributed by atoms with Crippen LogP contribution in [-0.4, -0.2) is 47.6 Å². The van der Waals surface area contributed by atoms with E-state index in [4.69, 9.17) is 9.47 Å². The molecule has 2 amide bonds. The Morgan fingerprint density at radius 3 is 2.19 bits per heavy atom. The van der Waals surface area contributed by atoms with Crippen molar-refractivity contribution in [1.29, 1.82) is 0 Å². The van der Waals surface area contributed by atoms with E-state index in [2.05, 4.69) is 22.8 Å². The number of hydrogen-bond donors (Lipinski definition) is 3. The second kappa shape index (κ2) is 10.2. The van der Waals surface area contributed by atoms with Gasteiger partial charge >= 0.3 is 18.2 Å². The van der Waals surface area contributed by atoms with E-state index in [1.807, 2.05) is 36.4 Å². The zero-order valence-electron chi connectivity index (χ0n) is 21.0. The molecule has 2 atom stereocenters. The number of hydrogen-bond acceptors (Lipinski definition) is 5. The molecule has 1 saturated carbocycles. The van der Waals surface area contributed by atoms with E-state index in [1.165, 1.54) is 0 Å². The number of ether oxygens (including phenoxy) is 2. The maximum atomic E-state index is 12.9. The van der Waals surface area contributed by atoms with Crippen molar-refractivity contribution in [1.82, 2.24) is 10.6 Å². The monoisotopic (exact) mass is 494 g/mol. The van der Waals surface area contributed by atoms with Gasteiger partial charge in [0.15, 0.2) is 0 Å². The molecule has 0 aliphatic heterocycles. The Morgan fingerprint density at radius 1 is 1.00 bits per heavy atom. The lowest BCUT2D eigenvalue weighted by molar-refractivity contribution is -0.138. The number of carbonyl (C=O) groups excluding carboxylic acids is 2. The van der Waals surface area contributed by atoms with Crippen molar-refractivity contribution >= 4 is 18.2 Å². The third kappa shape index (κ3) is 5.98. The summed E-state index contributed by atoms with van der Waals surface area (Å²) in [4.78, 5) is 36.5. The highest BCUT2D eigenvalue weighted by Crippen LogP contribution is 2.44. The molecule has 1 fully saturated rings. The Labute approximate surface area is 211 Å². The van der Waals surface area contributed by atoms with Gasteiger partial charge in [0.25, 0.3) is 0 Å². The minimum atomic E-state index is -0.991. The number of rotatable bonds is 7. The van der Waals surface area contributed by atoms with Gasteiger partial charge in [0.05, 0.1) is 12.0 Å². The van der Waals surface area contributed by atoms with Gasteiger partial charge in [-0.3, -0.25) is 4.79 Å². The average molecular weight is 495 g/mol. The number of carboxylic acids is 1. The fourth-order valence-electron chi connectivity index (χ4n) is 5.41. The van der Waals surface area contributed by atoms with Gasteiger partial charge in [-0.2, -0.15) is 0 Å². The molecule has 2 aliphatic carbocycles. The van der Waals surface area contributed by atoms with E-state index in [1.54, 1.807) is 20.8 Å². The molecule has 2 aliphatic rings. The molecule has 2 aromatic carbocycles. The summed E-state index contributed by atoms with van der Waals surface area (Å²) in [6.07, 6.45) is 0.248. The van der Waals surface area contributed by atoms with Crippen molar-refractivity contribution in [3.05, 3.63) is 59.7 Å². The molecule has 0 spiro atoms. The van der Waals surface area contributed by atoms with E-state index >= 15 is 0 Å². The third-order valence-electron chi connectivity index (χ3n) is 6.85. The molecule has 192 valence electrons. The van der Waals surface area contributed by atoms with Crippen LogP contribution < -0.4 is 10.6 Å². The van der Waals surface area contributed by atoms with Crippen LogP contribution in [0, 0.1) is 5.92 Å². The topological polar surface area (TPSA) is 114 Å². The van der Waals surface area contributed by atoms with E-state index in [0.717, 1.165) is 22.3 Å². The summed E-state index contributed by atoms with van der Waals surface area (Å²) in [5.41, 5.74) is 2.98. The van der Waals surface area contributed by atoms with Crippen LogP contribution in [0.1, 0.15) is 63.5 Å². The number of aliphatic carboxylic acids is 1. The maximum Gasteiger partial charge on any atom is 0.407 e. The Morgan fingerprint density at radius 2 is 1.61 bits per heavy atom. The molecular formula is C28H34N2O6. The van der Waals surface area contributed by atoms with Gasteiger partial charge in [-0.25, -0.2) is 9.59 Å². The summed E-state index contributed by atoms with van der Waals surface area (Å²) >= 11 is 0. The number of alkyl carbamates (subject to hydrolysis) is 2. The van der Waals surface area contributed by atoms with Crippen LogP contribution >= 0.6 is 0 Å². The highest BCUT2D eigenvalue weighted by molar-refractivity contribution is 5.79. The fraction of sp³-hybridized carbons (Fsp3) is 0.464. The second-order valence-electron chi connectivity index (χ2n) is 10.8. The Balaban J connectivity index is 1.37. The third-order valence-corrected chi connectivity index (χ3v) is 6.85. The van der Waals surface area contributed by atoms with Crippen LogP contribution in [0.15, 0.2) is 48.5 Å². The lowest BCUT2D eigenvalue weighted by Gasteiger charge is -2.29. The summed E-state index contributed by atoms with van der Waals surface area (Å²) in [6.45, 7) is 5.88. The molecule has 3 N–H and O–H groups in total. The molecule has 4 rings (SSSR count). The highest BCUT2D eigenvalue weighted by atomic mass is 16.6. The molecule has 2 unspecified atom stereocenters. The maximum absolute atomic E-state index is 12.9. The zero-order chi connectivity index (χ0) is 25.9. The van der Waals surface area contributed by atoms with Gasteiger partial charge in [0, 0.05) is 12.5 Å². The van der Waals surface area contributed by atoms with Gasteiger partial charge in [-0.15, -0.1) is 0 Å². The minimum absolute atomic E-state index is 0.0192. The van der Waals surface area contributed by atoms with Crippen molar-refractivity contribution in [2.75, 3.05) is 13.2 Å². The summed E-state index contributed by atoms with van der Waals surface area (Å²) in [5.74, 6) is -1.05. The smallest absolute Gasteiger partial charge is 0.407 e. The van der Waals surface area contributed by atoms with Crippen molar-refractivity contribution in [3.63, 3.8) is 0 Å². The predicted molar refractivity (Wildman–Crippen MR) is 135 cm³/mol. The molecule has 0 heterocycles. The lowest BCUT2D eigenvalue weighted by atomic mass is 9.92. The van der Waals surface area contributed by atoms with E-state index in [-0.39, 0.29) is 24.9 Å². The van der Waals surface area contributed by atoms with Gasteiger partial charge in [0.1, 0.15) is 12.2 Å². The molecule has 0 bridgehead atoms. The van der Waals surface area contributed by atoms with E-state index in [9.17, 15) is 19.5 Å². The van der Waals surface area contributed by atoms with E-state index in [0.29, 0.717) is 25.8 Å². The predicted octanol–water partition coefficient (Wildman–Crippen LogP) is 5.06. The summed E-state index contributed by atoms with van der Waals surface area (Å²) in [6, 6.07) is 16.2. The number of amides is 2. The largest absolute Gasteiger partial charge is 0.481 e. The number of benzene rings is 2. The minimum Gasteiger partial charge on any atom is -0.481 e. The molecule has 2 aromatic rings. The number of carboxylic acid groups (broad SMARTS) is 1. The van der Waals surface area contributed by atoms with Gasteiger partial charge in [-0.05, 0) is 68.2 Å². The molecule has 0 aromatic heterocycles. The molecule has 0 radical (unpaired) electrons. The zero-order valence-corrected chi connectivity index (χ0v) is 21.0. The van der Waals surface area contributed by atoms with Crippen molar-refractivity contribution in [2.24, 2.45) is 5.92 Å². The second-order valence-corrected chi connectivity index (χ2v) is 10.8. The van der Waals surface area contributed by atoms with Crippen LogP contribution in [0.3, 0.4) is 0 Å². The van der Waals surface area contributed by atoms with Crippen molar-refractivity contribution < 1.29 is 29.0 Å². The van der Waals surface area contributed by atoms with Gasteiger partial charge < -0.3 is 25.2 Å². The van der Waals surface area contributed by atoms with Crippen molar-refractivity contribution in [2.45, 2.75) is 63.5 Å². The van der Waals surface area contributed by atoms with E-state index < -0.39 is 29.3 Å². The first-order valence-electron chi connectivity index (χ1n) is 12.4. The summed E-state index contributed by atoms with van der Waals surface area (Å²) in [5, 5.41) is 15.1. The normalized spacial score (nSPS) is 20.8. The highest BCUT2D eigenvalue weighted by Gasteiger charge is 2.43. The number of carbonyl (C=O) groups is 3. The van der Waals surface area contributed by atoms with Gasteiger partial charge in [-0.1, -0.05) is 48.5 Å². The van der Waals surface area contributed by atoms with Crippen molar-refractivity contribution in [3.8, 4) is 11.1 Å². The molecule has 8 nitrogen and oxygen atoms in total. The SMILES string of the molecule is CC(C)(C)OC(=O)NCC1CCC(CC(=O)O)(NC(=O)OCC2c3ccccc3-c3ccccc32)C1. The summed E-state index contributed by atoms with van der Waals surface area (Å²) < 4.78 is 10.9. The molecular weight excluding hydrogens is 460 g/mol. The van der Waals surface area contributed by atoms with Crippen LogP contribution in [0.25, 0.3) is 11.1 Å². The Kier molecular flexibility index (Phi) is 7.24. The molecule has 36 heavy (non-hydrogen) atoms. The Bertz CT molecular complexity index is 1100. The number of nitrogens with one attached hydrogen (secondary N) is 2. The lowest BCUT2D eigenvalue weighted by Crippen LogP contribution is -2.49. The summed E-state index contributed by atoms with van der Waals surface area (Å²) in [7, 11) is 0. The van der Waals surface area contributed by atoms with Crippen LogP contribution in [0.4, 0.5) is 9.59 Å². The fourth-order valence-corrected chi connectivity index (χ4v) is 5.41. The van der Waals surface area contributed by atoms with Gasteiger partial charge in [0.2, 0.25) is 0 Å². The number of fused-ring (bicyclic) bond motifs is 3.